The highest BCUT2D eigenvalue weighted by Crippen LogP contribution is 2.56. The zero-order valence-corrected chi connectivity index (χ0v) is 14.3. The van der Waals surface area contributed by atoms with E-state index in [0.29, 0.717) is 0 Å². The molecule has 122 valence electrons. The Labute approximate surface area is 153 Å². The van der Waals surface area contributed by atoms with E-state index in [9.17, 15) is 0 Å². The lowest BCUT2D eigenvalue weighted by Gasteiger charge is -2.36. The smallest absolute Gasteiger partial charge is 0.138 e. The number of fused-ring (bicyclic) bond motifs is 9. The summed E-state index contributed by atoms with van der Waals surface area (Å²) in [5.74, 6) is 0. The van der Waals surface area contributed by atoms with Crippen LogP contribution >= 0.6 is 0 Å². The van der Waals surface area contributed by atoms with Gasteiger partial charge in [0.1, 0.15) is 5.54 Å². The molecular formula is C25H17N. The number of allylic oxidation sites excluding steroid dienone is 4. The molecule has 0 fully saturated rings. The minimum atomic E-state index is -0.446. The number of benzene rings is 3. The van der Waals surface area contributed by atoms with E-state index in [2.05, 4.69) is 91.0 Å². The molecule has 0 saturated carbocycles. The standard InChI is InChI=1S/C25H17N/c1-5-13-21-17(9-1)18-10-2-6-14-22(18)25(21)23-15-7-3-11-19(23)20-12-4-8-16-24(20)26-25/h1-3,5-16H,4H2. The average molecular weight is 331 g/mol. The summed E-state index contributed by atoms with van der Waals surface area (Å²) >= 11 is 0. The normalized spacial score (nSPS) is 17.7. The lowest BCUT2D eigenvalue weighted by Crippen LogP contribution is -2.31. The fourth-order valence-corrected chi connectivity index (χ4v) is 4.80. The summed E-state index contributed by atoms with van der Waals surface area (Å²) < 4.78 is 0. The molecule has 1 heteroatoms. The van der Waals surface area contributed by atoms with E-state index in [0.717, 1.165) is 12.1 Å². The molecule has 1 nitrogen and oxygen atoms in total. The van der Waals surface area contributed by atoms with Crippen molar-refractivity contribution in [3.05, 3.63) is 113 Å². The highest BCUT2D eigenvalue weighted by Gasteiger charge is 2.48. The quantitative estimate of drug-likeness (QED) is 0.497. The number of aliphatic imine (C=N–C) groups is 1. The molecule has 0 aromatic heterocycles. The molecule has 0 bridgehead atoms. The van der Waals surface area contributed by atoms with Gasteiger partial charge in [-0.15, -0.1) is 0 Å². The number of hydrogen-bond donors (Lipinski definition) is 0. The van der Waals surface area contributed by atoms with Gasteiger partial charge < -0.3 is 0 Å². The number of hydrogen-bond acceptors (Lipinski definition) is 1. The highest BCUT2D eigenvalue weighted by molar-refractivity contribution is 6.31. The predicted octanol–water partition coefficient (Wildman–Crippen LogP) is 5.76. The van der Waals surface area contributed by atoms with Gasteiger partial charge in [-0.3, -0.25) is 4.99 Å². The maximum Gasteiger partial charge on any atom is 0.138 e. The third kappa shape index (κ3) is 1.58. The fraction of sp³-hybridized carbons (Fsp3) is 0.0800. The fourth-order valence-electron chi connectivity index (χ4n) is 4.80. The molecular weight excluding hydrogens is 314 g/mol. The van der Waals surface area contributed by atoms with Crippen molar-refractivity contribution < 1.29 is 0 Å². The molecule has 3 aromatic carbocycles. The van der Waals surface area contributed by atoms with Gasteiger partial charge in [-0.2, -0.15) is 0 Å². The van der Waals surface area contributed by atoms with Crippen LogP contribution in [0.1, 0.15) is 28.7 Å². The van der Waals surface area contributed by atoms with Gasteiger partial charge in [-0.05, 0) is 45.9 Å². The first-order chi connectivity index (χ1) is 12.9. The molecule has 2 aliphatic carbocycles. The van der Waals surface area contributed by atoms with Gasteiger partial charge >= 0.3 is 0 Å². The maximum absolute atomic E-state index is 5.42. The van der Waals surface area contributed by atoms with E-state index >= 15 is 0 Å². The minimum Gasteiger partial charge on any atom is -0.264 e. The first-order valence-electron chi connectivity index (χ1n) is 9.16. The Hall–Kier alpha value is -3.19. The summed E-state index contributed by atoms with van der Waals surface area (Å²) in [7, 11) is 0. The van der Waals surface area contributed by atoms with Crippen LogP contribution < -0.4 is 0 Å². The molecule has 1 aliphatic heterocycles. The summed E-state index contributed by atoms with van der Waals surface area (Å²) in [6.45, 7) is 0. The summed E-state index contributed by atoms with van der Waals surface area (Å²) in [6, 6.07) is 26.3. The van der Waals surface area contributed by atoms with E-state index in [-0.39, 0.29) is 0 Å². The van der Waals surface area contributed by atoms with Gasteiger partial charge in [-0.1, -0.05) is 84.9 Å². The van der Waals surface area contributed by atoms with Gasteiger partial charge in [0.05, 0.1) is 5.71 Å². The van der Waals surface area contributed by atoms with Crippen molar-refractivity contribution in [1.29, 1.82) is 0 Å². The molecule has 1 spiro atoms. The van der Waals surface area contributed by atoms with Crippen LogP contribution in [0, 0.1) is 0 Å². The Bertz CT molecular complexity index is 1110. The van der Waals surface area contributed by atoms with Crippen LogP contribution in [0.3, 0.4) is 0 Å². The van der Waals surface area contributed by atoms with E-state index in [1.165, 1.54) is 39.0 Å². The van der Waals surface area contributed by atoms with E-state index < -0.39 is 5.54 Å². The molecule has 3 aliphatic rings. The SMILES string of the molecule is C1=CC2=NC3(c4ccccc4C2=CC1)c1ccccc1-c1ccccc13. The van der Waals surface area contributed by atoms with Crippen LogP contribution in [0.25, 0.3) is 16.7 Å². The molecule has 0 atom stereocenters. The summed E-state index contributed by atoms with van der Waals surface area (Å²) in [5, 5.41) is 0. The second-order valence-corrected chi connectivity index (χ2v) is 7.10. The van der Waals surface area contributed by atoms with Crippen molar-refractivity contribution in [3.63, 3.8) is 0 Å². The molecule has 0 unspecified atom stereocenters. The Morgan fingerprint density at radius 2 is 1.19 bits per heavy atom. The van der Waals surface area contributed by atoms with Crippen molar-refractivity contribution in [1.82, 2.24) is 0 Å². The Morgan fingerprint density at radius 3 is 1.85 bits per heavy atom. The van der Waals surface area contributed by atoms with Gasteiger partial charge in [0, 0.05) is 5.57 Å². The molecule has 6 rings (SSSR count). The van der Waals surface area contributed by atoms with E-state index in [1.807, 2.05) is 0 Å². The Morgan fingerprint density at radius 1 is 0.654 bits per heavy atom. The molecule has 3 aromatic rings. The first kappa shape index (κ1) is 14.0. The van der Waals surface area contributed by atoms with Gasteiger partial charge in [-0.25, -0.2) is 0 Å². The average Bonchev–Trinajstić information content (AvgIpc) is 3.00. The van der Waals surface area contributed by atoms with Crippen LogP contribution in [0.15, 0.2) is 96.0 Å². The minimum absolute atomic E-state index is 0.446. The number of rotatable bonds is 0. The largest absolute Gasteiger partial charge is 0.264 e. The summed E-state index contributed by atoms with van der Waals surface area (Å²) in [6.07, 6.45) is 7.67. The third-order valence-corrected chi connectivity index (χ3v) is 5.83. The monoisotopic (exact) mass is 331 g/mol. The lowest BCUT2D eigenvalue weighted by molar-refractivity contribution is 0.670. The van der Waals surface area contributed by atoms with Crippen LogP contribution in [0.5, 0.6) is 0 Å². The molecule has 1 heterocycles. The second-order valence-electron chi connectivity index (χ2n) is 7.10. The second kappa shape index (κ2) is 4.92. The lowest BCUT2D eigenvalue weighted by atomic mass is 9.74. The Kier molecular flexibility index (Phi) is 2.66. The molecule has 0 radical (unpaired) electrons. The van der Waals surface area contributed by atoms with E-state index in [1.54, 1.807) is 0 Å². The molecule has 0 saturated heterocycles. The highest BCUT2D eigenvalue weighted by atomic mass is 14.9. The zero-order chi connectivity index (χ0) is 17.1. The number of nitrogens with zero attached hydrogens (tertiary/aromatic N) is 1. The van der Waals surface area contributed by atoms with Crippen LogP contribution in [0.4, 0.5) is 0 Å². The van der Waals surface area contributed by atoms with Gasteiger partial charge in [0.15, 0.2) is 0 Å². The van der Waals surface area contributed by atoms with Crippen LogP contribution in [-0.4, -0.2) is 5.71 Å². The summed E-state index contributed by atoms with van der Waals surface area (Å²) in [4.78, 5) is 5.42. The van der Waals surface area contributed by atoms with Crippen molar-refractivity contribution in [2.75, 3.05) is 0 Å². The van der Waals surface area contributed by atoms with Crippen molar-refractivity contribution >= 4 is 11.3 Å². The van der Waals surface area contributed by atoms with Crippen LogP contribution in [0.2, 0.25) is 0 Å². The van der Waals surface area contributed by atoms with Gasteiger partial charge in [0.2, 0.25) is 0 Å². The molecule has 0 N–H and O–H groups in total. The van der Waals surface area contributed by atoms with Gasteiger partial charge in [0.25, 0.3) is 0 Å². The van der Waals surface area contributed by atoms with Crippen molar-refractivity contribution in [2.24, 2.45) is 4.99 Å². The topological polar surface area (TPSA) is 12.4 Å². The molecule has 26 heavy (non-hydrogen) atoms. The zero-order valence-electron chi connectivity index (χ0n) is 14.3. The summed E-state index contributed by atoms with van der Waals surface area (Å²) in [5.41, 5.74) is 9.72. The van der Waals surface area contributed by atoms with E-state index in [4.69, 9.17) is 4.99 Å². The Balaban J connectivity index is 1.81. The van der Waals surface area contributed by atoms with Crippen LogP contribution in [-0.2, 0) is 5.54 Å². The third-order valence-electron chi connectivity index (χ3n) is 5.83. The predicted molar refractivity (Wildman–Crippen MR) is 107 cm³/mol. The van der Waals surface area contributed by atoms with Crippen molar-refractivity contribution in [3.8, 4) is 11.1 Å². The first-order valence-corrected chi connectivity index (χ1v) is 9.16. The molecule has 0 amide bonds. The maximum atomic E-state index is 5.42. The van der Waals surface area contributed by atoms with Crippen molar-refractivity contribution in [2.45, 2.75) is 12.0 Å².